The quantitative estimate of drug-likeness (QED) is 0.382. The fourth-order valence-electron chi connectivity index (χ4n) is 3.62. The Morgan fingerprint density at radius 1 is 1.00 bits per heavy atom. The Balaban J connectivity index is 1.92. The fraction of sp³-hybridized carbons (Fsp3) is 0.417. The molecule has 0 saturated heterocycles. The number of hydrogen-bond donors (Lipinski definition) is 0. The van der Waals surface area contributed by atoms with Crippen molar-refractivity contribution in [3.63, 3.8) is 0 Å². The van der Waals surface area contributed by atoms with Gasteiger partial charge in [0.25, 0.3) is 5.56 Å². The maximum Gasteiger partial charge on any atom is 0.262 e. The van der Waals surface area contributed by atoms with Gasteiger partial charge in [-0.1, -0.05) is 53.7 Å². The van der Waals surface area contributed by atoms with Gasteiger partial charge in [0, 0.05) is 30.9 Å². The zero-order valence-electron chi connectivity index (χ0n) is 18.1. The molecule has 0 fully saturated rings. The molecule has 4 nitrogen and oxygen atoms in total. The Morgan fingerprint density at radius 3 is 2.31 bits per heavy atom. The van der Waals surface area contributed by atoms with Gasteiger partial charge in [-0.2, -0.15) is 0 Å². The summed E-state index contributed by atoms with van der Waals surface area (Å²) in [6.07, 6.45) is 0. The molecule has 0 spiro atoms. The number of para-hydroxylation sites is 1. The molecule has 0 aliphatic rings. The van der Waals surface area contributed by atoms with Gasteiger partial charge in [-0.05, 0) is 52.3 Å². The minimum atomic E-state index is 0.0504. The summed E-state index contributed by atoms with van der Waals surface area (Å²) in [5.74, 6) is 0.795. The maximum absolute atomic E-state index is 13.2. The van der Waals surface area contributed by atoms with E-state index >= 15 is 0 Å². The smallest absolute Gasteiger partial charge is 0.262 e. The number of thioether (sulfide) groups is 1. The SMILES string of the molecule is Cc1ccc(CSc2nc3ccccc3c(=O)n2CCN(C(C)C)C(C)C)cc1. The normalized spacial score (nSPS) is 11.9. The van der Waals surface area contributed by atoms with Crippen LogP contribution in [0.3, 0.4) is 0 Å². The second-order valence-corrected chi connectivity index (χ2v) is 9.01. The van der Waals surface area contributed by atoms with Crippen molar-refractivity contribution in [3.05, 3.63) is 70.0 Å². The summed E-state index contributed by atoms with van der Waals surface area (Å²) in [7, 11) is 0. The first-order valence-corrected chi connectivity index (χ1v) is 11.3. The van der Waals surface area contributed by atoms with Gasteiger partial charge < -0.3 is 0 Å². The second-order valence-electron chi connectivity index (χ2n) is 8.07. The number of rotatable bonds is 8. The Labute approximate surface area is 178 Å². The van der Waals surface area contributed by atoms with E-state index in [0.717, 1.165) is 23.0 Å². The molecule has 0 aliphatic heterocycles. The van der Waals surface area contributed by atoms with Crippen LogP contribution in [0.5, 0.6) is 0 Å². The molecule has 29 heavy (non-hydrogen) atoms. The maximum atomic E-state index is 13.2. The van der Waals surface area contributed by atoms with Crippen LogP contribution in [-0.4, -0.2) is 33.1 Å². The van der Waals surface area contributed by atoms with E-state index in [9.17, 15) is 4.79 Å². The van der Waals surface area contributed by atoms with Crippen molar-refractivity contribution in [2.45, 2.75) is 64.2 Å². The Hall–Kier alpha value is -2.11. The van der Waals surface area contributed by atoms with Crippen LogP contribution in [0.4, 0.5) is 0 Å². The summed E-state index contributed by atoms with van der Waals surface area (Å²) in [4.78, 5) is 20.5. The zero-order valence-corrected chi connectivity index (χ0v) is 18.9. The lowest BCUT2D eigenvalue weighted by Gasteiger charge is -2.30. The molecule has 0 saturated carbocycles. The lowest BCUT2D eigenvalue weighted by Crippen LogP contribution is -2.40. The molecule has 1 aromatic heterocycles. The lowest BCUT2D eigenvalue weighted by molar-refractivity contribution is 0.166. The van der Waals surface area contributed by atoms with Crippen molar-refractivity contribution < 1.29 is 0 Å². The van der Waals surface area contributed by atoms with Gasteiger partial charge in [-0.15, -0.1) is 0 Å². The number of aryl methyl sites for hydroxylation is 1. The minimum absolute atomic E-state index is 0.0504. The van der Waals surface area contributed by atoms with E-state index in [-0.39, 0.29) is 5.56 Å². The third-order valence-electron chi connectivity index (χ3n) is 5.22. The van der Waals surface area contributed by atoms with Crippen molar-refractivity contribution in [1.29, 1.82) is 0 Å². The molecule has 0 radical (unpaired) electrons. The third kappa shape index (κ3) is 5.28. The van der Waals surface area contributed by atoms with Gasteiger partial charge in [-0.25, -0.2) is 4.98 Å². The molecule has 1 heterocycles. The molecule has 3 aromatic rings. The summed E-state index contributed by atoms with van der Waals surface area (Å²) in [5.41, 5.74) is 3.31. The van der Waals surface area contributed by atoms with Crippen LogP contribution in [0.1, 0.15) is 38.8 Å². The molecule has 154 valence electrons. The van der Waals surface area contributed by atoms with E-state index in [2.05, 4.69) is 63.8 Å². The van der Waals surface area contributed by atoms with E-state index in [1.807, 2.05) is 28.8 Å². The van der Waals surface area contributed by atoms with Crippen molar-refractivity contribution in [3.8, 4) is 0 Å². The predicted molar refractivity (Wildman–Crippen MR) is 124 cm³/mol. The molecule has 3 rings (SSSR count). The monoisotopic (exact) mass is 409 g/mol. The van der Waals surface area contributed by atoms with Crippen LogP contribution < -0.4 is 5.56 Å². The van der Waals surface area contributed by atoms with Crippen LogP contribution in [-0.2, 0) is 12.3 Å². The van der Waals surface area contributed by atoms with Gasteiger partial charge in [0.1, 0.15) is 0 Å². The molecule has 0 atom stereocenters. The van der Waals surface area contributed by atoms with E-state index in [1.165, 1.54) is 11.1 Å². The summed E-state index contributed by atoms with van der Waals surface area (Å²) in [6.45, 7) is 12.4. The molecule has 5 heteroatoms. The van der Waals surface area contributed by atoms with Gasteiger partial charge in [0.2, 0.25) is 0 Å². The van der Waals surface area contributed by atoms with Gasteiger partial charge in [-0.3, -0.25) is 14.3 Å². The van der Waals surface area contributed by atoms with E-state index < -0.39 is 0 Å². The van der Waals surface area contributed by atoms with Crippen molar-refractivity contribution in [1.82, 2.24) is 14.5 Å². The van der Waals surface area contributed by atoms with Crippen molar-refractivity contribution in [2.24, 2.45) is 0 Å². The van der Waals surface area contributed by atoms with Crippen LogP contribution in [0, 0.1) is 6.92 Å². The Bertz CT molecular complexity index is 1000. The molecule has 0 unspecified atom stereocenters. The van der Waals surface area contributed by atoms with E-state index in [1.54, 1.807) is 11.8 Å². The molecular weight excluding hydrogens is 378 g/mol. The standard InChI is InChI=1S/C24H31N3OS/c1-17(2)26(18(3)4)14-15-27-23(28)21-8-6-7-9-22(21)25-24(27)29-16-20-12-10-19(5)11-13-20/h6-13,17-18H,14-16H2,1-5H3. The fourth-order valence-corrected chi connectivity index (χ4v) is 4.60. The van der Waals surface area contributed by atoms with Crippen molar-refractivity contribution >= 4 is 22.7 Å². The highest BCUT2D eigenvalue weighted by atomic mass is 32.2. The van der Waals surface area contributed by atoms with Crippen LogP contribution >= 0.6 is 11.8 Å². The molecule has 0 bridgehead atoms. The van der Waals surface area contributed by atoms with Crippen molar-refractivity contribution in [2.75, 3.05) is 6.54 Å². The van der Waals surface area contributed by atoms with Crippen LogP contribution in [0.2, 0.25) is 0 Å². The van der Waals surface area contributed by atoms with Gasteiger partial charge in [0.15, 0.2) is 5.16 Å². The summed E-state index contributed by atoms with van der Waals surface area (Å²) >= 11 is 1.64. The molecule has 0 amide bonds. The van der Waals surface area contributed by atoms with E-state index in [4.69, 9.17) is 4.98 Å². The summed E-state index contributed by atoms with van der Waals surface area (Å²) in [6, 6.07) is 17.0. The first-order valence-electron chi connectivity index (χ1n) is 10.3. The van der Waals surface area contributed by atoms with Gasteiger partial charge >= 0.3 is 0 Å². The summed E-state index contributed by atoms with van der Waals surface area (Å²) < 4.78 is 1.86. The van der Waals surface area contributed by atoms with Crippen LogP contribution in [0.15, 0.2) is 58.5 Å². The topological polar surface area (TPSA) is 38.1 Å². The largest absolute Gasteiger partial charge is 0.297 e. The number of nitrogens with zero attached hydrogens (tertiary/aromatic N) is 3. The minimum Gasteiger partial charge on any atom is -0.297 e. The first-order chi connectivity index (χ1) is 13.9. The van der Waals surface area contributed by atoms with Gasteiger partial charge in [0.05, 0.1) is 10.9 Å². The molecular formula is C24H31N3OS. The summed E-state index contributed by atoms with van der Waals surface area (Å²) in [5, 5.41) is 1.48. The third-order valence-corrected chi connectivity index (χ3v) is 6.27. The average Bonchev–Trinajstić information content (AvgIpc) is 2.69. The highest BCUT2D eigenvalue weighted by molar-refractivity contribution is 7.98. The van der Waals surface area contributed by atoms with E-state index in [0.29, 0.717) is 24.0 Å². The second kappa shape index (κ2) is 9.59. The lowest BCUT2D eigenvalue weighted by atomic mass is 10.2. The Morgan fingerprint density at radius 2 is 1.66 bits per heavy atom. The first kappa shape index (κ1) is 21.6. The molecule has 0 aliphatic carbocycles. The predicted octanol–water partition coefficient (Wildman–Crippen LogP) is 5.12. The highest BCUT2D eigenvalue weighted by Crippen LogP contribution is 2.22. The van der Waals surface area contributed by atoms with Crippen LogP contribution in [0.25, 0.3) is 10.9 Å². The number of aromatic nitrogens is 2. The Kier molecular flexibility index (Phi) is 7.14. The number of hydrogen-bond acceptors (Lipinski definition) is 4. The number of fused-ring (bicyclic) bond motifs is 1. The average molecular weight is 410 g/mol. The zero-order chi connectivity index (χ0) is 21.0. The molecule has 2 aromatic carbocycles. The highest BCUT2D eigenvalue weighted by Gasteiger charge is 2.16. The number of benzene rings is 2. The molecule has 0 N–H and O–H groups in total.